The number of nitro groups is 1. The van der Waals surface area contributed by atoms with Crippen LogP contribution >= 0.6 is 0 Å². The molecule has 0 aromatic heterocycles. The van der Waals surface area contributed by atoms with Crippen LogP contribution in [-0.4, -0.2) is 16.0 Å². The number of carboxylic acid groups (broad SMARTS) is 1. The van der Waals surface area contributed by atoms with Gasteiger partial charge in [-0.25, -0.2) is 4.79 Å². The maximum absolute atomic E-state index is 11.3. The number of rotatable bonds is 3. The monoisotopic (exact) mass is 245 g/mol. The molecule has 0 atom stereocenters. The van der Waals surface area contributed by atoms with Gasteiger partial charge in [0.15, 0.2) is 0 Å². The van der Waals surface area contributed by atoms with Gasteiger partial charge in [0.1, 0.15) is 0 Å². The topological polar surface area (TPSA) is 80.4 Å². The van der Waals surface area contributed by atoms with Gasteiger partial charge in [0, 0.05) is 11.6 Å². The van der Waals surface area contributed by atoms with Crippen LogP contribution in [0.1, 0.15) is 22.8 Å². The van der Waals surface area contributed by atoms with Crippen LogP contribution in [0, 0.1) is 10.1 Å². The van der Waals surface area contributed by atoms with E-state index in [4.69, 9.17) is 0 Å². The van der Waals surface area contributed by atoms with Crippen molar-refractivity contribution in [1.29, 1.82) is 0 Å². The number of hydrogen-bond donors (Lipinski definition) is 1. The Morgan fingerprint density at radius 1 is 1.39 bits per heavy atom. The van der Waals surface area contributed by atoms with Crippen LogP contribution in [0.2, 0.25) is 0 Å². The average Bonchev–Trinajstić information content (AvgIpc) is 2.35. The molecule has 0 aliphatic heterocycles. The standard InChI is InChI=1S/C13H11NO4/c1-2-9-11(14(17)18)7-8-5-3-4-6-10(8)12(9)13(15)16/h3-7H,2H2,1H3,(H,15,16). The smallest absolute Gasteiger partial charge is 0.336 e. The lowest BCUT2D eigenvalue weighted by atomic mass is 9.95. The van der Waals surface area contributed by atoms with Crippen molar-refractivity contribution in [2.75, 3.05) is 0 Å². The van der Waals surface area contributed by atoms with Crippen molar-refractivity contribution in [3.8, 4) is 0 Å². The third-order valence-electron chi connectivity index (χ3n) is 2.90. The van der Waals surface area contributed by atoms with E-state index in [1.54, 1.807) is 31.2 Å². The van der Waals surface area contributed by atoms with Crippen LogP contribution in [0.25, 0.3) is 10.8 Å². The third kappa shape index (κ3) is 1.79. The molecule has 0 heterocycles. The number of fused-ring (bicyclic) bond motifs is 1. The van der Waals surface area contributed by atoms with Crippen LogP contribution in [0.15, 0.2) is 30.3 Å². The second-order valence-electron chi connectivity index (χ2n) is 3.89. The van der Waals surface area contributed by atoms with Crippen molar-refractivity contribution < 1.29 is 14.8 Å². The molecule has 18 heavy (non-hydrogen) atoms. The highest BCUT2D eigenvalue weighted by molar-refractivity contribution is 6.06. The highest BCUT2D eigenvalue weighted by Crippen LogP contribution is 2.31. The minimum atomic E-state index is -1.13. The Labute approximate surface area is 103 Å². The van der Waals surface area contributed by atoms with Crippen LogP contribution in [0.3, 0.4) is 0 Å². The predicted molar refractivity (Wildman–Crippen MR) is 66.9 cm³/mol. The highest BCUT2D eigenvalue weighted by atomic mass is 16.6. The van der Waals surface area contributed by atoms with E-state index in [1.165, 1.54) is 6.07 Å². The van der Waals surface area contributed by atoms with E-state index >= 15 is 0 Å². The molecule has 5 nitrogen and oxygen atoms in total. The number of nitro benzene ring substituents is 1. The predicted octanol–water partition coefficient (Wildman–Crippen LogP) is 3.01. The van der Waals surface area contributed by atoms with E-state index in [0.717, 1.165) is 0 Å². The van der Waals surface area contributed by atoms with Gasteiger partial charge in [-0.2, -0.15) is 0 Å². The lowest BCUT2D eigenvalue weighted by Crippen LogP contribution is -2.06. The normalized spacial score (nSPS) is 10.5. The van der Waals surface area contributed by atoms with Crippen molar-refractivity contribution in [3.05, 3.63) is 51.6 Å². The van der Waals surface area contributed by atoms with E-state index in [0.29, 0.717) is 17.2 Å². The number of carbonyl (C=O) groups is 1. The summed E-state index contributed by atoms with van der Waals surface area (Å²) in [5.74, 6) is -1.13. The minimum Gasteiger partial charge on any atom is -0.478 e. The van der Waals surface area contributed by atoms with Gasteiger partial charge in [-0.1, -0.05) is 31.2 Å². The Kier molecular flexibility index (Phi) is 2.97. The molecule has 0 unspecified atom stereocenters. The van der Waals surface area contributed by atoms with E-state index in [-0.39, 0.29) is 16.8 Å². The summed E-state index contributed by atoms with van der Waals surface area (Å²) >= 11 is 0. The molecule has 0 radical (unpaired) electrons. The lowest BCUT2D eigenvalue weighted by Gasteiger charge is -2.09. The molecule has 0 saturated heterocycles. The van der Waals surface area contributed by atoms with E-state index in [1.807, 2.05) is 0 Å². The molecular formula is C13H11NO4. The molecular weight excluding hydrogens is 234 g/mol. The molecule has 0 aliphatic carbocycles. The molecule has 2 aromatic carbocycles. The zero-order valence-corrected chi connectivity index (χ0v) is 9.71. The summed E-state index contributed by atoms with van der Waals surface area (Å²) in [5.41, 5.74) is 0.169. The fourth-order valence-electron chi connectivity index (χ4n) is 2.14. The van der Waals surface area contributed by atoms with Crippen molar-refractivity contribution >= 4 is 22.4 Å². The first-order valence-electron chi connectivity index (χ1n) is 5.48. The van der Waals surface area contributed by atoms with Gasteiger partial charge in [0.05, 0.1) is 10.5 Å². The van der Waals surface area contributed by atoms with Gasteiger partial charge in [-0.05, 0) is 17.2 Å². The summed E-state index contributed by atoms with van der Waals surface area (Å²) in [7, 11) is 0. The number of hydrogen-bond acceptors (Lipinski definition) is 3. The van der Waals surface area contributed by atoms with Crippen LogP contribution in [0.5, 0.6) is 0 Å². The molecule has 92 valence electrons. The second-order valence-corrected chi connectivity index (χ2v) is 3.89. The quantitative estimate of drug-likeness (QED) is 0.665. The fraction of sp³-hybridized carbons (Fsp3) is 0.154. The molecule has 0 bridgehead atoms. The number of nitrogens with zero attached hydrogens (tertiary/aromatic N) is 1. The molecule has 2 rings (SSSR count). The van der Waals surface area contributed by atoms with Gasteiger partial charge in [0.25, 0.3) is 5.69 Å². The van der Waals surface area contributed by atoms with Crippen molar-refractivity contribution in [3.63, 3.8) is 0 Å². The average molecular weight is 245 g/mol. The number of benzene rings is 2. The lowest BCUT2D eigenvalue weighted by molar-refractivity contribution is -0.385. The highest BCUT2D eigenvalue weighted by Gasteiger charge is 2.23. The SMILES string of the molecule is CCc1c([N+](=O)[O-])cc2ccccc2c1C(=O)O. The minimum absolute atomic E-state index is 0.0299. The Hall–Kier alpha value is -2.43. The zero-order chi connectivity index (χ0) is 13.3. The Morgan fingerprint density at radius 3 is 2.61 bits per heavy atom. The van der Waals surface area contributed by atoms with E-state index in [9.17, 15) is 20.0 Å². The van der Waals surface area contributed by atoms with Crippen molar-refractivity contribution in [2.45, 2.75) is 13.3 Å². The molecule has 0 aliphatic rings. The Bertz CT molecular complexity index is 649. The molecule has 0 spiro atoms. The van der Waals surface area contributed by atoms with Gasteiger partial charge in [-0.15, -0.1) is 0 Å². The summed E-state index contributed by atoms with van der Waals surface area (Å²) in [6, 6.07) is 8.22. The number of carboxylic acids is 1. The van der Waals surface area contributed by atoms with Crippen molar-refractivity contribution in [2.24, 2.45) is 0 Å². The molecule has 0 saturated carbocycles. The van der Waals surface area contributed by atoms with E-state index in [2.05, 4.69) is 0 Å². The molecule has 1 N–H and O–H groups in total. The Balaban J connectivity index is 2.96. The fourth-order valence-corrected chi connectivity index (χ4v) is 2.14. The van der Waals surface area contributed by atoms with Crippen LogP contribution in [-0.2, 0) is 6.42 Å². The van der Waals surface area contributed by atoms with Gasteiger partial charge < -0.3 is 5.11 Å². The molecule has 2 aromatic rings. The zero-order valence-electron chi connectivity index (χ0n) is 9.71. The Morgan fingerprint density at radius 2 is 2.06 bits per heavy atom. The first-order chi connectivity index (χ1) is 8.56. The summed E-state index contributed by atoms with van der Waals surface area (Å²) < 4.78 is 0. The maximum Gasteiger partial charge on any atom is 0.336 e. The second kappa shape index (κ2) is 4.44. The summed E-state index contributed by atoms with van der Waals surface area (Å²) in [4.78, 5) is 21.8. The van der Waals surface area contributed by atoms with Gasteiger partial charge in [-0.3, -0.25) is 10.1 Å². The maximum atomic E-state index is 11.3. The summed E-state index contributed by atoms with van der Waals surface area (Å²) in [6.07, 6.45) is 0.308. The van der Waals surface area contributed by atoms with Gasteiger partial charge >= 0.3 is 5.97 Å². The number of aromatic carboxylic acids is 1. The first kappa shape index (κ1) is 12.0. The van der Waals surface area contributed by atoms with Crippen molar-refractivity contribution in [1.82, 2.24) is 0 Å². The summed E-state index contributed by atoms with van der Waals surface area (Å²) in [6.45, 7) is 1.71. The van der Waals surface area contributed by atoms with Crippen LogP contribution < -0.4 is 0 Å². The molecule has 0 amide bonds. The molecule has 0 fully saturated rings. The summed E-state index contributed by atoms with van der Waals surface area (Å²) in [5, 5.41) is 21.4. The molecule has 5 heteroatoms. The largest absolute Gasteiger partial charge is 0.478 e. The van der Waals surface area contributed by atoms with Gasteiger partial charge in [0.2, 0.25) is 0 Å². The van der Waals surface area contributed by atoms with E-state index < -0.39 is 10.9 Å². The first-order valence-corrected chi connectivity index (χ1v) is 5.48. The van der Waals surface area contributed by atoms with Crippen LogP contribution in [0.4, 0.5) is 5.69 Å². The third-order valence-corrected chi connectivity index (χ3v) is 2.90.